The predicted octanol–water partition coefficient (Wildman–Crippen LogP) is 4.51. The van der Waals surface area contributed by atoms with Crippen molar-refractivity contribution in [1.82, 2.24) is 0 Å². The lowest BCUT2D eigenvalue weighted by atomic mass is 9.96. The SMILES string of the molecule is CCc1oc2ccc(C(C)=CCO)cc2c1C(C)C. The minimum Gasteiger partial charge on any atom is -0.461 e. The lowest BCUT2D eigenvalue weighted by molar-refractivity contribution is 0.343. The molecule has 1 N–H and O–H groups in total. The third-order valence-corrected chi connectivity index (χ3v) is 3.55. The van der Waals surface area contributed by atoms with Crippen molar-refractivity contribution in [2.75, 3.05) is 6.61 Å². The van der Waals surface area contributed by atoms with Gasteiger partial charge in [0.25, 0.3) is 0 Å². The van der Waals surface area contributed by atoms with Crippen LogP contribution in [0.15, 0.2) is 28.7 Å². The summed E-state index contributed by atoms with van der Waals surface area (Å²) < 4.78 is 5.94. The molecule has 1 aromatic heterocycles. The summed E-state index contributed by atoms with van der Waals surface area (Å²) in [7, 11) is 0. The Morgan fingerprint density at radius 2 is 2.11 bits per heavy atom. The van der Waals surface area contributed by atoms with Crippen LogP contribution >= 0.6 is 0 Å². The van der Waals surface area contributed by atoms with Gasteiger partial charge in [0.2, 0.25) is 0 Å². The second kappa shape index (κ2) is 5.62. The number of furan rings is 1. The van der Waals surface area contributed by atoms with Gasteiger partial charge < -0.3 is 9.52 Å². The van der Waals surface area contributed by atoms with Crippen LogP contribution in [0, 0.1) is 0 Å². The van der Waals surface area contributed by atoms with E-state index in [0.717, 1.165) is 28.9 Å². The normalized spacial score (nSPS) is 12.6. The molecular formula is C17H22O2. The van der Waals surface area contributed by atoms with Crippen LogP contribution < -0.4 is 0 Å². The molecule has 1 heterocycles. The molecule has 19 heavy (non-hydrogen) atoms. The maximum absolute atomic E-state index is 9.00. The number of hydrogen-bond acceptors (Lipinski definition) is 2. The number of aliphatic hydroxyl groups is 1. The summed E-state index contributed by atoms with van der Waals surface area (Å²) in [6.45, 7) is 8.63. The fraction of sp³-hybridized carbons (Fsp3) is 0.412. The molecule has 2 nitrogen and oxygen atoms in total. The highest BCUT2D eigenvalue weighted by molar-refractivity contribution is 5.86. The molecular weight excluding hydrogens is 236 g/mol. The highest BCUT2D eigenvalue weighted by atomic mass is 16.3. The van der Waals surface area contributed by atoms with E-state index in [1.807, 2.05) is 19.1 Å². The van der Waals surface area contributed by atoms with Crippen LogP contribution in [-0.2, 0) is 6.42 Å². The molecule has 0 radical (unpaired) electrons. The van der Waals surface area contributed by atoms with Gasteiger partial charge in [-0.1, -0.05) is 32.9 Å². The smallest absolute Gasteiger partial charge is 0.134 e. The molecule has 0 bridgehead atoms. The molecule has 2 aromatic rings. The van der Waals surface area contributed by atoms with Crippen molar-refractivity contribution in [1.29, 1.82) is 0 Å². The van der Waals surface area contributed by atoms with E-state index in [-0.39, 0.29) is 6.61 Å². The summed E-state index contributed by atoms with van der Waals surface area (Å²) in [5, 5.41) is 10.2. The fourth-order valence-corrected chi connectivity index (χ4v) is 2.56. The van der Waals surface area contributed by atoms with E-state index in [2.05, 4.69) is 32.9 Å². The van der Waals surface area contributed by atoms with Gasteiger partial charge in [-0.25, -0.2) is 0 Å². The van der Waals surface area contributed by atoms with Crippen LogP contribution in [-0.4, -0.2) is 11.7 Å². The van der Waals surface area contributed by atoms with Gasteiger partial charge in [0, 0.05) is 17.4 Å². The Hall–Kier alpha value is -1.54. The lowest BCUT2D eigenvalue weighted by Crippen LogP contribution is -1.91. The molecule has 1 aromatic carbocycles. The molecule has 0 unspecified atom stereocenters. The molecule has 0 saturated carbocycles. The number of benzene rings is 1. The Morgan fingerprint density at radius 1 is 1.37 bits per heavy atom. The first-order valence-corrected chi connectivity index (χ1v) is 6.91. The molecule has 0 fully saturated rings. The second-order valence-electron chi connectivity index (χ2n) is 5.23. The fourth-order valence-electron chi connectivity index (χ4n) is 2.56. The quantitative estimate of drug-likeness (QED) is 0.875. The zero-order valence-corrected chi connectivity index (χ0v) is 12.2. The summed E-state index contributed by atoms with van der Waals surface area (Å²) in [4.78, 5) is 0. The van der Waals surface area contributed by atoms with Gasteiger partial charge in [-0.3, -0.25) is 0 Å². The first kappa shape index (κ1) is 13.9. The van der Waals surface area contributed by atoms with Crippen molar-refractivity contribution in [3.63, 3.8) is 0 Å². The van der Waals surface area contributed by atoms with E-state index >= 15 is 0 Å². The van der Waals surface area contributed by atoms with Gasteiger partial charge in [0.05, 0.1) is 6.61 Å². The van der Waals surface area contributed by atoms with Crippen molar-refractivity contribution in [3.8, 4) is 0 Å². The summed E-state index contributed by atoms with van der Waals surface area (Å²) in [5.41, 5.74) is 4.52. The van der Waals surface area contributed by atoms with E-state index in [4.69, 9.17) is 9.52 Å². The van der Waals surface area contributed by atoms with E-state index in [1.54, 1.807) is 0 Å². The minimum absolute atomic E-state index is 0.0759. The van der Waals surface area contributed by atoms with Crippen molar-refractivity contribution in [2.24, 2.45) is 0 Å². The van der Waals surface area contributed by atoms with Crippen molar-refractivity contribution < 1.29 is 9.52 Å². The van der Waals surface area contributed by atoms with Crippen LogP contribution in [0.25, 0.3) is 16.5 Å². The Bertz CT molecular complexity index is 603. The van der Waals surface area contributed by atoms with Gasteiger partial charge in [-0.2, -0.15) is 0 Å². The van der Waals surface area contributed by atoms with Crippen molar-refractivity contribution in [2.45, 2.75) is 40.0 Å². The van der Waals surface area contributed by atoms with E-state index in [1.165, 1.54) is 10.9 Å². The standard InChI is InChI=1S/C17H22O2/c1-5-15-17(11(2)3)14-10-13(12(4)8-9-18)6-7-16(14)19-15/h6-8,10-11,18H,5,9H2,1-4H3. The molecule has 0 atom stereocenters. The van der Waals surface area contributed by atoms with Gasteiger partial charge in [0.1, 0.15) is 11.3 Å². The number of hydrogen-bond donors (Lipinski definition) is 1. The first-order chi connectivity index (χ1) is 9.08. The highest BCUT2D eigenvalue weighted by Crippen LogP contribution is 2.33. The van der Waals surface area contributed by atoms with Gasteiger partial charge in [-0.15, -0.1) is 0 Å². The van der Waals surface area contributed by atoms with Crippen LogP contribution in [0.2, 0.25) is 0 Å². The van der Waals surface area contributed by atoms with Gasteiger partial charge in [-0.05, 0) is 36.1 Å². The number of aryl methyl sites for hydroxylation is 1. The maximum atomic E-state index is 9.00. The molecule has 0 aliphatic heterocycles. The molecule has 0 spiro atoms. The average Bonchev–Trinajstić information content (AvgIpc) is 2.76. The topological polar surface area (TPSA) is 33.4 Å². The Morgan fingerprint density at radius 3 is 2.68 bits per heavy atom. The highest BCUT2D eigenvalue weighted by Gasteiger charge is 2.16. The summed E-state index contributed by atoms with van der Waals surface area (Å²) in [6.07, 6.45) is 2.75. The number of aliphatic hydroxyl groups excluding tert-OH is 1. The van der Waals surface area contributed by atoms with Crippen LogP contribution in [0.1, 0.15) is 50.5 Å². The zero-order chi connectivity index (χ0) is 14.0. The minimum atomic E-state index is 0.0759. The van der Waals surface area contributed by atoms with Crippen LogP contribution in [0.4, 0.5) is 0 Å². The Kier molecular flexibility index (Phi) is 4.11. The third kappa shape index (κ3) is 2.59. The van der Waals surface area contributed by atoms with Gasteiger partial charge in [0.15, 0.2) is 0 Å². The molecule has 2 heteroatoms. The summed E-state index contributed by atoms with van der Waals surface area (Å²) in [6, 6.07) is 6.26. The molecule has 2 rings (SSSR count). The molecule has 0 amide bonds. The third-order valence-electron chi connectivity index (χ3n) is 3.55. The first-order valence-electron chi connectivity index (χ1n) is 6.91. The van der Waals surface area contributed by atoms with E-state index in [0.29, 0.717) is 5.92 Å². The van der Waals surface area contributed by atoms with E-state index in [9.17, 15) is 0 Å². The largest absolute Gasteiger partial charge is 0.461 e. The predicted molar refractivity (Wildman–Crippen MR) is 80.4 cm³/mol. The summed E-state index contributed by atoms with van der Waals surface area (Å²) in [5.74, 6) is 1.54. The Labute approximate surface area is 114 Å². The Balaban J connectivity index is 2.64. The average molecular weight is 258 g/mol. The van der Waals surface area contributed by atoms with Crippen LogP contribution in [0.5, 0.6) is 0 Å². The summed E-state index contributed by atoms with van der Waals surface area (Å²) >= 11 is 0. The van der Waals surface area contributed by atoms with E-state index < -0.39 is 0 Å². The number of rotatable bonds is 4. The number of allylic oxidation sites excluding steroid dienone is 1. The molecule has 0 saturated heterocycles. The maximum Gasteiger partial charge on any atom is 0.134 e. The molecule has 0 aliphatic rings. The van der Waals surface area contributed by atoms with Crippen LogP contribution in [0.3, 0.4) is 0 Å². The second-order valence-corrected chi connectivity index (χ2v) is 5.23. The van der Waals surface area contributed by atoms with Crippen molar-refractivity contribution in [3.05, 3.63) is 41.2 Å². The molecule has 102 valence electrons. The zero-order valence-electron chi connectivity index (χ0n) is 12.2. The molecule has 0 aliphatic carbocycles. The van der Waals surface area contributed by atoms with Gasteiger partial charge >= 0.3 is 0 Å². The monoisotopic (exact) mass is 258 g/mol. The lowest BCUT2D eigenvalue weighted by Gasteiger charge is -2.06. The van der Waals surface area contributed by atoms with Crippen molar-refractivity contribution >= 4 is 16.5 Å². The number of fused-ring (bicyclic) bond motifs is 1.